The number of anilines is 1. The first kappa shape index (κ1) is 19.0. The van der Waals surface area contributed by atoms with Crippen molar-refractivity contribution in [1.82, 2.24) is 0 Å². The largest absolute Gasteiger partial charge is 0.478 e. The molecule has 0 saturated heterocycles. The van der Waals surface area contributed by atoms with Gasteiger partial charge in [0.2, 0.25) is 10.0 Å². The van der Waals surface area contributed by atoms with Gasteiger partial charge in [0.15, 0.2) is 0 Å². The van der Waals surface area contributed by atoms with Crippen molar-refractivity contribution in [2.75, 3.05) is 5.32 Å². The van der Waals surface area contributed by atoms with Crippen molar-refractivity contribution < 1.29 is 22.7 Å². The number of carboxylic acid groups (broad SMARTS) is 1. The van der Waals surface area contributed by atoms with E-state index in [1.807, 2.05) is 13.8 Å². The standard InChI is InChI=1S/C12H11ClN2O5S.C2H6/c13-9-5-10(15-6-7-2-1-3-20-7)8(12(16)17)4-11(9)21(14,18)19;1-2/h1-5,15H,6H2,(H,16,17)(H2,14,18,19);1-2H3. The quantitative estimate of drug-likeness (QED) is 0.753. The van der Waals surface area contributed by atoms with Crippen LogP contribution in [0, 0.1) is 0 Å². The summed E-state index contributed by atoms with van der Waals surface area (Å²) in [7, 11) is -4.11. The minimum Gasteiger partial charge on any atom is -0.478 e. The molecule has 0 spiro atoms. The van der Waals surface area contributed by atoms with E-state index in [2.05, 4.69) is 5.32 Å². The summed E-state index contributed by atoms with van der Waals surface area (Å²) < 4.78 is 27.8. The molecule has 0 saturated carbocycles. The zero-order valence-corrected chi connectivity index (χ0v) is 14.1. The first-order valence-electron chi connectivity index (χ1n) is 6.65. The Kier molecular flexibility index (Phi) is 6.62. The fourth-order valence-electron chi connectivity index (χ4n) is 1.69. The van der Waals surface area contributed by atoms with Gasteiger partial charge in [-0.15, -0.1) is 0 Å². The summed E-state index contributed by atoms with van der Waals surface area (Å²) >= 11 is 5.84. The van der Waals surface area contributed by atoms with Crippen LogP contribution in [0.1, 0.15) is 30.0 Å². The zero-order valence-electron chi connectivity index (χ0n) is 12.5. The molecule has 2 aromatic rings. The van der Waals surface area contributed by atoms with E-state index < -0.39 is 20.9 Å². The maximum Gasteiger partial charge on any atom is 0.337 e. The molecule has 0 radical (unpaired) electrons. The van der Waals surface area contributed by atoms with Gasteiger partial charge < -0.3 is 14.8 Å². The van der Waals surface area contributed by atoms with E-state index in [4.69, 9.17) is 26.3 Å². The van der Waals surface area contributed by atoms with Crippen molar-refractivity contribution in [2.45, 2.75) is 25.3 Å². The predicted octanol–water partition coefficient (Wildman–Crippen LogP) is 2.92. The third kappa shape index (κ3) is 4.98. The molecule has 0 fully saturated rings. The molecule has 0 bridgehead atoms. The van der Waals surface area contributed by atoms with E-state index in [9.17, 15) is 13.2 Å². The van der Waals surface area contributed by atoms with Gasteiger partial charge in [-0.3, -0.25) is 0 Å². The third-order valence-corrected chi connectivity index (χ3v) is 4.02. The van der Waals surface area contributed by atoms with Gasteiger partial charge in [0, 0.05) is 0 Å². The smallest absolute Gasteiger partial charge is 0.337 e. The number of aromatic carboxylic acids is 1. The van der Waals surface area contributed by atoms with Crippen LogP contribution in [0.25, 0.3) is 0 Å². The van der Waals surface area contributed by atoms with Crippen LogP contribution in [0.15, 0.2) is 39.8 Å². The molecule has 0 amide bonds. The van der Waals surface area contributed by atoms with Gasteiger partial charge in [-0.05, 0) is 24.3 Å². The maximum atomic E-state index is 11.3. The highest BCUT2D eigenvalue weighted by Gasteiger charge is 2.20. The molecule has 0 aliphatic heterocycles. The highest BCUT2D eigenvalue weighted by Crippen LogP contribution is 2.28. The van der Waals surface area contributed by atoms with Crippen molar-refractivity contribution >= 4 is 33.3 Å². The Balaban J connectivity index is 0.00000127. The summed E-state index contributed by atoms with van der Waals surface area (Å²) in [4.78, 5) is 10.8. The number of rotatable bonds is 5. The number of furan rings is 1. The van der Waals surface area contributed by atoms with Gasteiger partial charge in [-0.1, -0.05) is 25.4 Å². The molecule has 2 rings (SSSR count). The maximum absolute atomic E-state index is 11.3. The summed E-state index contributed by atoms with van der Waals surface area (Å²) in [5.74, 6) is -0.725. The van der Waals surface area contributed by atoms with E-state index >= 15 is 0 Å². The second-order valence-electron chi connectivity index (χ2n) is 4.11. The molecule has 23 heavy (non-hydrogen) atoms. The van der Waals surface area contributed by atoms with Crippen LogP contribution in [0.3, 0.4) is 0 Å². The Morgan fingerprint density at radius 2 is 2.04 bits per heavy atom. The highest BCUT2D eigenvalue weighted by atomic mass is 35.5. The fourth-order valence-corrected chi connectivity index (χ4v) is 2.79. The molecule has 4 N–H and O–H groups in total. The van der Waals surface area contributed by atoms with Gasteiger partial charge in [-0.25, -0.2) is 18.4 Å². The number of carboxylic acids is 1. The summed E-state index contributed by atoms with van der Waals surface area (Å²) in [6, 6.07) is 5.51. The summed E-state index contributed by atoms with van der Waals surface area (Å²) in [6.07, 6.45) is 1.48. The van der Waals surface area contributed by atoms with Gasteiger partial charge in [-0.2, -0.15) is 0 Å². The van der Waals surface area contributed by atoms with Gasteiger partial charge in [0.25, 0.3) is 0 Å². The lowest BCUT2D eigenvalue weighted by atomic mass is 10.1. The van der Waals surface area contributed by atoms with Gasteiger partial charge in [0.05, 0.1) is 29.1 Å². The van der Waals surface area contributed by atoms with Crippen LogP contribution in [-0.2, 0) is 16.6 Å². The SMILES string of the molecule is CC.NS(=O)(=O)c1cc(C(=O)O)c(NCc2ccco2)cc1Cl. The number of primary sulfonamides is 1. The molecule has 9 heteroatoms. The normalized spacial score (nSPS) is 10.6. The number of hydrogen-bond acceptors (Lipinski definition) is 5. The minimum absolute atomic E-state index is 0.163. The van der Waals surface area contributed by atoms with Crippen LogP contribution < -0.4 is 10.5 Å². The van der Waals surface area contributed by atoms with E-state index in [0.29, 0.717) is 5.76 Å². The van der Waals surface area contributed by atoms with Crippen LogP contribution in [0.2, 0.25) is 5.02 Å². The number of nitrogens with two attached hydrogens (primary N) is 1. The monoisotopic (exact) mass is 360 g/mol. The molecule has 0 aliphatic rings. The number of sulfonamides is 1. The topological polar surface area (TPSA) is 123 Å². The molecule has 0 unspecified atom stereocenters. The molecule has 1 heterocycles. The molecule has 126 valence electrons. The van der Waals surface area contributed by atoms with Crippen LogP contribution in [0.5, 0.6) is 0 Å². The first-order chi connectivity index (χ1) is 10.8. The van der Waals surface area contributed by atoms with Crippen molar-refractivity contribution in [1.29, 1.82) is 0 Å². The summed E-state index contributed by atoms with van der Waals surface area (Å²) in [5.41, 5.74) is -0.0914. The Bertz CT molecular complexity index is 773. The minimum atomic E-state index is -4.11. The average Bonchev–Trinajstić information content (AvgIpc) is 2.98. The van der Waals surface area contributed by atoms with Gasteiger partial charge >= 0.3 is 5.97 Å². The van der Waals surface area contributed by atoms with Crippen molar-refractivity contribution in [3.05, 3.63) is 46.9 Å². The lowest BCUT2D eigenvalue weighted by molar-refractivity contribution is 0.0697. The highest BCUT2D eigenvalue weighted by molar-refractivity contribution is 7.89. The van der Waals surface area contributed by atoms with E-state index in [1.54, 1.807) is 12.1 Å². The van der Waals surface area contributed by atoms with Crippen molar-refractivity contribution in [3.8, 4) is 0 Å². The Hall–Kier alpha value is -2.03. The van der Waals surface area contributed by atoms with E-state index in [0.717, 1.165) is 6.07 Å². The van der Waals surface area contributed by atoms with Crippen LogP contribution >= 0.6 is 11.6 Å². The number of benzene rings is 1. The Morgan fingerprint density at radius 1 is 1.39 bits per heavy atom. The second-order valence-corrected chi connectivity index (χ2v) is 6.05. The predicted molar refractivity (Wildman–Crippen MR) is 87.2 cm³/mol. The van der Waals surface area contributed by atoms with Crippen molar-refractivity contribution in [2.24, 2.45) is 5.14 Å². The molecular formula is C14H17ClN2O5S. The molecule has 0 aliphatic carbocycles. The van der Waals surface area contributed by atoms with Crippen LogP contribution in [-0.4, -0.2) is 19.5 Å². The lowest BCUT2D eigenvalue weighted by Crippen LogP contribution is -2.15. The molecule has 1 aromatic heterocycles. The summed E-state index contributed by atoms with van der Waals surface area (Å²) in [6.45, 7) is 4.22. The number of halogens is 1. The van der Waals surface area contributed by atoms with Crippen LogP contribution in [0.4, 0.5) is 5.69 Å². The molecule has 7 nitrogen and oxygen atoms in total. The zero-order chi connectivity index (χ0) is 17.6. The molecular weight excluding hydrogens is 344 g/mol. The Morgan fingerprint density at radius 3 is 2.52 bits per heavy atom. The number of carbonyl (C=O) groups is 1. The first-order valence-corrected chi connectivity index (χ1v) is 8.57. The van der Waals surface area contributed by atoms with E-state index in [1.165, 1.54) is 12.3 Å². The fraction of sp³-hybridized carbons (Fsp3) is 0.214. The second kappa shape index (κ2) is 8.00. The Labute approximate surface area is 139 Å². The lowest BCUT2D eigenvalue weighted by Gasteiger charge is -2.11. The summed E-state index contributed by atoms with van der Waals surface area (Å²) in [5, 5.41) is 16.8. The number of hydrogen-bond donors (Lipinski definition) is 3. The molecule has 1 aromatic carbocycles. The third-order valence-electron chi connectivity index (χ3n) is 2.64. The van der Waals surface area contributed by atoms with E-state index in [-0.39, 0.29) is 22.8 Å². The number of nitrogens with one attached hydrogen (secondary N) is 1. The van der Waals surface area contributed by atoms with Crippen molar-refractivity contribution in [3.63, 3.8) is 0 Å². The molecule has 0 atom stereocenters. The van der Waals surface area contributed by atoms with Gasteiger partial charge in [0.1, 0.15) is 10.7 Å². The average molecular weight is 361 g/mol.